The van der Waals surface area contributed by atoms with Gasteiger partial charge in [-0.3, -0.25) is 0 Å². The summed E-state index contributed by atoms with van der Waals surface area (Å²) < 4.78 is 0. The lowest BCUT2D eigenvalue weighted by Crippen LogP contribution is -2.36. The van der Waals surface area contributed by atoms with Gasteiger partial charge in [0.2, 0.25) is 0 Å². The van der Waals surface area contributed by atoms with E-state index in [1.807, 2.05) is 0 Å². The molecule has 20 heavy (non-hydrogen) atoms. The average Bonchev–Trinajstić information content (AvgIpc) is 2.24. The molecule has 0 bridgehead atoms. The fraction of sp³-hybridized carbons (Fsp3) is 1.00. The van der Waals surface area contributed by atoms with Crippen molar-refractivity contribution >= 4 is 0 Å². The van der Waals surface area contributed by atoms with E-state index in [-0.39, 0.29) is 5.54 Å². The highest BCUT2D eigenvalue weighted by atomic mass is 14.7. The highest BCUT2D eigenvalue weighted by molar-refractivity contribution is 4.85. The highest BCUT2D eigenvalue weighted by Crippen LogP contribution is 2.42. The Labute approximate surface area is 128 Å². The van der Waals surface area contributed by atoms with Gasteiger partial charge in [-0.25, -0.2) is 0 Å². The molecule has 1 fully saturated rings. The van der Waals surface area contributed by atoms with E-state index in [1.54, 1.807) is 0 Å². The van der Waals surface area contributed by atoms with E-state index < -0.39 is 0 Å². The minimum Gasteiger partial charge on any atom is -0.325 e. The largest absolute Gasteiger partial charge is 0.325 e. The van der Waals surface area contributed by atoms with E-state index in [4.69, 9.17) is 5.73 Å². The SMILES string of the molecule is CC1CCCC(C)(CC(C)(C)C)CCCC(C)(N)CC1. The lowest BCUT2D eigenvalue weighted by molar-refractivity contribution is 0.152. The average molecular weight is 282 g/mol. The van der Waals surface area contributed by atoms with Crippen LogP contribution in [0.3, 0.4) is 0 Å². The number of rotatable bonds is 1. The molecular weight excluding hydrogens is 242 g/mol. The molecule has 120 valence electrons. The molecule has 1 saturated carbocycles. The Balaban J connectivity index is 2.72. The van der Waals surface area contributed by atoms with Crippen molar-refractivity contribution in [1.82, 2.24) is 0 Å². The summed E-state index contributed by atoms with van der Waals surface area (Å²) >= 11 is 0. The fourth-order valence-electron chi connectivity index (χ4n) is 4.22. The fourth-order valence-corrected chi connectivity index (χ4v) is 4.22. The molecule has 0 radical (unpaired) electrons. The Morgan fingerprint density at radius 1 is 0.950 bits per heavy atom. The van der Waals surface area contributed by atoms with Gasteiger partial charge in [-0.1, -0.05) is 53.9 Å². The molecule has 1 heteroatoms. The molecule has 0 aromatic rings. The van der Waals surface area contributed by atoms with Gasteiger partial charge in [0.1, 0.15) is 0 Å². The molecule has 0 amide bonds. The summed E-state index contributed by atoms with van der Waals surface area (Å²) in [5.41, 5.74) is 7.50. The minimum atomic E-state index is 0.0568. The summed E-state index contributed by atoms with van der Waals surface area (Å²) in [5.74, 6) is 0.842. The van der Waals surface area contributed by atoms with Crippen LogP contribution >= 0.6 is 0 Å². The van der Waals surface area contributed by atoms with Gasteiger partial charge >= 0.3 is 0 Å². The molecule has 1 aliphatic carbocycles. The predicted molar refractivity (Wildman–Crippen MR) is 90.9 cm³/mol. The molecule has 0 spiro atoms. The maximum absolute atomic E-state index is 6.50. The smallest absolute Gasteiger partial charge is 0.0126 e. The van der Waals surface area contributed by atoms with E-state index >= 15 is 0 Å². The quantitative estimate of drug-likeness (QED) is 0.634. The molecule has 1 aliphatic rings. The topological polar surface area (TPSA) is 26.0 Å². The molecular formula is C19H39N. The van der Waals surface area contributed by atoms with Crippen LogP contribution in [-0.2, 0) is 0 Å². The van der Waals surface area contributed by atoms with Gasteiger partial charge in [-0.15, -0.1) is 0 Å². The Morgan fingerprint density at radius 3 is 2.15 bits per heavy atom. The molecule has 0 aliphatic heterocycles. The van der Waals surface area contributed by atoms with Crippen LogP contribution in [-0.4, -0.2) is 5.54 Å². The van der Waals surface area contributed by atoms with E-state index in [1.165, 1.54) is 57.8 Å². The molecule has 1 nitrogen and oxygen atoms in total. The van der Waals surface area contributed by atoms with Crippen molar-refractivity contribution in [3.8, 4) is 0 Å². The predicted octanol–water partition coefficient (Wildman–Crippen LogP) is 5.92. The molecule has 1 rings (SSSR count). The van der Waals surface area contributed by atoms with Crippen LogP contribution in [0.1, 0.15) is 99.3 Å². The summed E-state index contributed by atoms with van der Waals surface area (Å²) in [7, 11) is 0. The molecule has 2 N–H and O–H groups in total. The van der Waals surface area contributed by atoms with Gasteiger partial charge in [0.05, 0.1) is 0 Å². The number of hydrogen-bond donors (Lipinski definition) is 1. The number of hydrogen-bond acceptors (Lipinski definition) is 1. The third-order valence-electron chi connectivity index (χ3n) is 5.17. The molecule has 0 aromatic heterocycles. The molecule has 0 heterocycles. The Kier molecular flexibility index (Phi) is 6.14. The first-order valence-corrected chi connectivity index (χ1v) is 8.80. The third kappa shape index (κ3) is 7.11. The zero-order chi connectivity index (χ0) is 15.4. The van der Waals surface area contributed by atoms with Crippen molar-refractivity contribution in [3.05, 3.63) is 0 Å². The Hall–Kier alpha value is -0.0400. The minimum absolute atomic E-state index is 0.0568. The van der Waals surface area contributed by atoms with E-state index in [9.17, 15) is 0 Å². The second kappa shape index (κ2) is 6.81. The zero-order valence-corrected chi connectivity index (χ0v) is 15.0. The first-order valence-electron chi connectivity index (χ1n) is 8.80. The maximum Gasteiger partial charge on any atom is 0.0126 e. The second-order valence-electron chi connectivity index (χ2n) is 9.59. The standard InChI is InChI=1S/C19H39N/c1-16-9-7-11-18(5,15-17(2,3)4)12-8-13-19(6,20)14-10-16/h16H,7-15,20H2,1-6H3. The first-order chi connectivity index (χ1) is 9.02. The van der Waals surface area contributed by atoms with Gasteiger partial charge in [0.25, 0.3) is 0 Å². The second-order valence-corrected chi connectivity index (χ2v) is 9.59. The van der Waals surface area contributed by atoms with Crippen LogP contribution in [0.4, 0.5) is 0 Å². The highest BCUT2D eigenvalue weighted by Gasteiger charge is 2.31. The summed E-state index contributed by atoms with van der Waals surface area (Å²) in [6.45, 7) is 14.4. The van der Waals surface area contributed by atoms with Crippen molar-refractivity contribution in [1.29, 1.82) is 0 Å². The van der Waals surface area contributed by atoms with Crippen LogP contribution < -0.4 is 5.73 Å². The Bertz CT molecular complexity index is 287. The van der Waals surface area contributed by atoms with E-state index in [0.29, 0.717) is 10.8 Å². The third-order valence-corrected chi connectivity index (χ3v) is 5.17. The van der Waals surface area contributed by atoms with Crippen molar-refractivity contribution < 1.29 is 0 Å². The molecule has 3 unspecified atom stereocenters. The van der Waals surface area contributed by atoms with Gasteiger partial charge in [-0.2, -0.15) is 0 Å². The van der Waals surface area contributed by atoms with Crippen molar-refractivity contribution in [3.63, 3.8) is 0 Å². The lowest BCUT2D eigenvalue weighted by atomic mass is 9.69. The summed E-state index contributed by atoms with van der Waals surface area (Å²) in [5, 5.41) is 0. The first kappa shape index (κ1) is 18.0. The van der Waals surface area contributed by atoms with Gasteiger partial charge < -0.3 is 5.73 Å². The summed E-state index contributed by atoms with van der Waals surface area (Å²) in [4.78, 5) is 0. The van der Waals surface area contributed by atoms with Crippen molar-refractivity contribution in [2.75, 3.05) is 0 Å². The van der Waals surface area contributed by atoms with Gasteiger partial charge in [0.15, 0.2) is 0 Å². The van der Waals surface area contributed by atoms with Gasteiger partial charge in [-0.05, 0) is 62.2 Å². The lowest BCUT2D eigenvalue weighted by Gasteiger charge is -2.37. The van der Waals surface area contributed by atoms with Gasteiger partial charge in [0, 0.05) is 5.54 Å². The maximum atomic E-state index is 6.50. The van der Waals surface area contributed by atoms with Crippen molar-refractivity contribution in [2.45, 2.75) is 105 Å². The molecule has 0 saturated heterocycles. The number of nitrogens with two attached hydrogens (primary N) is 1. The van der Waals surface area contributed by atoms with Crippen LogP contribution in [0.25, 0.3) is 0 Å². The molecule has 0 aromatic carbocycles. The molecule has 3 atom stereocenters. The summed E-state index contributed by atoms with van der Waals surface area (Å²) in [6.07, 6.45) is 11.9. The Morgan fingerprint density at radius 2 is 1.55 bits per heavy atom. The van der Waals surface area contributed by atoms with Crippen LogP contribution in [0.5, 0.6) is 0 Å². The van der Waals surface area contributed by atoms with Crippen LogP contribution in [0.15, 0.2) is 0 Å². The monoisotopic (exact) mass is 281 g/mol. The zero-order valence-electron chi connectivity index (χ0n) is 15.0. The van der Waals surface area contributed by atoms with Crippen LogP contribution in [0.2, 0.25) is 0 Å². The van der Waals surface area contributed by atoms with Crippen LogP contribution in [0, 0.1) is 16.7 Å². The normalized spacial score (nSPS) is 38.2. The van der Waals surface area contributed by atoms with E-state index in [0.717, 1.165) is 5.92 Å². The van der Waals surface area contributed by atoms with Crippen molar-refractivity contribution in [2.24, 2.45) is 22.5 Å². The summed E-state index contributed by atoms with van der Waals surface area (Å²) in [6, 6.07) is 0. The van der Waals surface area contributed by atoms with E-state index in [2.05, 4.69) is 41.5 Å².